The molecule has 1 aromatic rings. The van der Waals surface area contributed by atoms with Crippen LogP contribution >= 0.6 is 15.9 Å². The molecular weight excluding hydrogens is 264 g/mol. The van der Waals surface area contributed by atoms with Crippen LogP contribution in [0, 0.1) is 0 Å². The number of benzene rings is 1. The molecule has 1 unspecified atom stereocenters. The Bertz CT molecular complexity index is 363. The van der Waals surface area contributed by atoms with Gasteiger partial charge in [-0.3, -0.25) is 0 Å². The highest BCUT2D eigenvalue weighted by Gasteiger charge is 2.27. The highest BCUT2D eigenvalue weighted by molar-refractivity contribution is 9.10. The van der Waals surface area contributed by atoms with E-state index in [0.717, 1.165) is 17.4 Å². The van der Waals surface area contributed by atoms with Gasteiger partial charge in [-0.05, 0) is 61.3 Å². The monoisotopic (exact) mass is 282 g/mol. The van der Waals surface area contributed by atoms with Gasteiger partial charge in [-0.2, -0.15) is 0 Å². The normalized spacial score (nSPS) is 24.1. The molecule has 0 radical (unpaired) electrons. The zero-order valence-corrected chi connectivity index (χ0v) is 11.5. The molecule has 1 aromatic carbocycles. The molecule has 2 nitrogen and oxygen atoms in total. The van der Waals surface area contributed by atoms with Gasteiger partial charge in [0.2, 0.25) is 0 Å². The lowest BCUT2D eigenvalue weighted by Gasteiger charge is -2.37. The summed E-state index contributed by atoms with van der Waals surface area (Å²) in [4.78, 5) is 0. The molecule has 1 saturated heterocycles. The van der Waals surface area contributed by atoms with Gasteiger partial charge in [-0.1, -0.05) is 12.1 Å². The van der Waals surface area contributed by atoms with Crippen LogP contribution in [0.25, 0.3) is 0 Å². The van der Waals surface area contributed by atoms with Crippen LogP contribution in [0.2, 0.25) is 0 Å². The van der Waals surface area contributed by atoms with Crippen LogP contribution in [-0.4, -0.2) is 18.1 Å². The second-order valence-electron chi connectivity index (χ2n) is 5.12. The lowest BCUT2D eigenvalue weighted by Crippen LogP contribution is -2.50. The summed E-state index contributed by atoms with van der Waals surface area (Å²) in [6, 6.07) is 8.88. The number of rotatable bonds is 2. The van der Waals surface area contributed by atoms with Crippen molar-refractivity contribution in [2.75, 3.05) is 11.9 Å². The molecule has 0 aromatic heterocycles. The number of piperidine rings is 1. The van der Waals surface area contributed by atoms with Crippen molar-refractivity contribution in [2.45, 2.75) is 38.3 Å². The third-order valence-corrected chi connectivity index (χ3v) is 3.78. The van der Waals surface area contributed by atoms with Crippen molar-refractivity contribution in [1.82, 2.24) is 5.32 Å². The van der Waals surface area contributed by atoms with E-state index in [-0.39, 0.29) is 5.54 Å². The van der Waals surface area contributed by atoms with E-state index in [4.69, 9.17) is 0 Å². The topological polar surface area (TPSA) is 24.1 Å². The van der Waals surface area contributed by atoms with E-state index < -0.39 is 0 Å². The highest BCUT2D eigenvalue weighted by Crippen LogP contribution is 2.26. The lowest BCUT2D eigenvalue weighted by atomic mass is 9.89. The molecular formula is C13H19BrN2. The third-order valence-electron chi connectivity index (χ3n) is 3.09. The Labute approximate surface area is 106 Å². The SMILES string of the molecule is CC1(C)CC(Nc2ccccc2Br)CCN1. The van der Waals surface area contributed by atoms with E-state index in [1.807, 2.05) is 6.07 Å². The molecule has 1 heterocycles. The van der Waals surface area contributed by atoms with Crippen molar-refractivity contribution in [1.29, 1.82) is 0 Å². The van der Waals surface area contributed by atoms with Crippen LogP contribution in [0.4, 0.5) is 5.69 Å². The zero-order valence-electron chi connectivity index (χ0n) is 9.89. The van der Waals surface area contributed by atoms with E-state index in [2.05, 4.69) is 58.6 Å². The molecule has 0 saturated carbocycles. The van der Waals surface area contributed by atoms with Crippen molar-refractivity contribution in [3.63, 3.8) is 0 Å². The molecule has 3 heteroatoms. The van der Waals surface area contributed by atoms with Crippen molar-refractivity contribution < 1.29 is 0 Å². The molecule has 0 bridgehead atoms. The maximum atomic E-state index is 3.62. The second kappa shape index (κ2) is 4.76. The molecule has 1 atom stereocenters. The first kappa shape index (κ1) is 11.9. The molecule has 2 N–H and O–H groups in total. The Balaban J connectivity index is 2.02. The third kappa shape index (κ3) is 2.98. The van der Waals surface area contributed by atoms with Crippen molar-refractivity contribution >= 4 is 21.6 Å². The fourth-order valence-corrected chi connectivity index (χ4v) is 2.70. The van der Waals surface area contributed by atoms with Crippen molar-refractivity contribution in [3.05, 3.63) is 28.7 Å². The summed E-state index contributed by atoms with van der Waals surface area (Å²) in [5.74, 6) is 0. The minimum absolute atomic E-state index is 0.247. The average Bonchev–Trinajstić information content (AvgIpc) is 2.20. The Morgan fingerprint density at radius 2 is 2.12 bits per heavy atom. The zero-order chi connectivity index (χ0) is 11.6. The predicted octanol–water partition coefficient (Wildman–Crippen LogP) is 3.39. The number of halogens is 1. The van der Waals surface area contributed by atoms with E-state index in [9.17, 15) is 0 Å². The van der Waals surface area contributed by atoms with Crippen molar-refractivity contribution in [2.24, 2.45) is 0 Å². The fourth-order valence-electron chi connectivity index (χ4n) is 2.30. The minimum atomic E-state index is 0.247. The number of nitrogens with one attached hydrogen (secondary N) is 2. The predicted molar refractivity (Wildman–Crippen MR) is 72.9 cm³/mol. The Morgan fingerprint density at radius 1 is 1.38 bits per heavy atom. The smallest absolute Gasteiger partial charge is 0.0486 e. The Kier molecular flexibility index (Phi) is 3.55. The first-order valence-electron chi connectivity index (χ1n) is 5.83. The van der Waals surface area contributed by atoms with Gasteiger partial charge >= 0.3 is 0 Å². The molecule has 0 amide bonds. The Morgan fingerprint density at radius 3 is 2.81 bits per heavy atom. The van der Waals surface area contributed by atoms with Gasteiger partial charge in [-0.25, -0.2) is 0 Å². The summed E-state index contributed by atoms with van der Waals surface area (Å²) in [7, 11) is 0. The van der Waals surface area contributed by atoms with Gasteiger partial charge < -0.3 is 10.6 Å². The van der Waals surface area contributed by atoms with Gasteiger partial charge in [0.15, 0.2) is 0 Å². The number of anilines is 1. The quantitative estimate of drug-likeness (QED) is 0.869. The molecule has 16 heavy (non-hydrogen) atoms. The molecule has 1 aliphatic heterocycles. The summed E-state index contributed by atoms with van der Waals surface area (Å²) in [5, 5.41) is 7.15. The molecule has 1 fully saturated rings. The maximum Gasteiger partial charge on any atom is 0.0486 e. The van der Waals surface area contributed by atoms with Gasteiger partial charge in [-0.15, -0.1) is 0 Å². The molecule has 0 aliphatic carbocycles. The number of hydrogen-bond donors (Lipinski definition) is 2. The van der Waals surface area contributed by atoms with Gasteiger partial charge in [0.1, 0.15) is 0 Å². The fraction of sp³-hybridized carbons (Fsp3) is 0.538. The van der Waals surface area contributed by atoms with E-state index in [1.165, 1.54) is 12.1 Å². The lowest BCUT2D eigenvalue weighted by molar-refractivity contribution is 0.286. The van der Waals surface area contributed by atoms with Crippen molar-refractivity contribution in [3.8, 4) is 0 Å². The summed E-state index contributed by atoms with van der Waals surface area (Å²) in [5.41, 5.74) is 1.45. The molecule has 1 aliphatic rings. The summed E-state index contributed by atoms with van der Waals surface area (Å²) < 4.78 is 1.14. The summed E-state index contributed by atoms with van der Waals surface area (Å²) >= 11 is 3.57. The minimum Gasteiger partial charge on any atom is -0.381 e. The first-order valence-corrected chi connectivity index (χ1v) is 6.62. The number of hydrogen-bond acceptors (Lipinski definition) is 2. The Hall–Kier alpha value is -0.540. The second-order valence-corrected chi connectivity index (χ2v) is 5.98. The molecule has 0 spiro atoms. The first-order chi connectivity index (χ1) is 7.57. The van der Waals surface area contributed by atoms with E-state index >= 15 is 0 Å². The van der Waals surface area contributed by atoms with Crippen LogP contribution in [0.3, 0.4) is 0 Å². The number of para-hydroxylation sites is 1. The van der Waals surface area contributed by atoms with Gasteiger partial charge in [0.25, 0.3) is 0 Å². The van der Waals surface area contributed by atoms with Crippen LogP contribution < -0.4 is 10.6 Å². The van der Waals surface area contributed by atoms with Gasteiger partial charge in [0, 0.05) is 21.7 Å². The molecule has 2 rings (SSSR count). The standard InChI is InChI=1S/C13H19BrN2/c1-13(2)9-10(7-8-15-13)16-12-6-4-3-5-11(12)14/h3-6,10,15-16H,7-9H2,1-2H3. The highest BCUT2D eigenvalue weighted by atomic mass is 79.9. The largest absolute Gasteiger partial charge is 0.381 e. The van der Waals surface area contributed by atoms with Crippen LogP contribution in [0.15, 0.2) is 28.7 Å². The average molecular weight is 283 g/mol. The summed E-state index contributed by atoms with van der Waals surface area (Å²) in [6.45, 7) is 5.62. The molecule has 88 valence electrons. The van der Waals surface area contributed by atoms with Crippen LogP contribution in [-0.2, 0) is 0 Å². The van der Waals surface area contributed by atoms with Gasteiger partial charge in [0.05, 0.1) is 0 Å². The van der Waals surface area contributed by atoms with E-state index in [0.29, 0.717) is 6.04 Å². The maximum absolute atomic E-state index is 3.62. The van der Waals surface area contributed by atoms with E-state index in [1.54, 1.807) is 0 Å². The van der Waals surface area contributed by atoms with Crippen LogP contribution in [0.5, 0.6) is 0 Å². The van der Waals surface area contributed by atoms with Crippen LogP contribution in [0.1, 0.15) is 26.7 Å². The summed E-state index contributed by atoms with van der Waals surface area (Å²) in [6.07, 6.45) is 2.35.